The minimum atomic E-state index is 0.0417. The molecule has 1 unspecified atom stereocenters. The summed E-state index contributed by atoms with van der Waals surface area (Å²) in [7, 11) is 0. The lowest BCUT2D eigenvalue weighted by Gasteiger charge is -2.17. The van der Waals surface area contributed by atoms with Crippen LogP contribution in [0.15, 0.2) is 53.5 Å². The maximum absolute atomic E-state index is 9.43. The number of nitrogens with one attached hydrogen (secondary N) is 2. The molecule has 0 saturated carbocycles. The van der Waals surface area contributed by atoms with Gasteiger partial charge in [0.1, 0.15) is 0 Å². The van der Waals surface area contributed by atoms with E-state index >= 15 is 0 Å². The molecule has 25 heavy (non-hydrogen) atoms. The summed E-state index contributed by atoms with van der Waals surface area (Å²) in [5, 5.41) is 16.1. The van der Waals surface area contributed by atoms with E-state index in [-0.39, 0.29) is 6.61 Å². The summed E-state index contributed by atoms with van der Waals surface area (Å²) in [6.45, 7) is 8.61. The fraction of sp³-hybridized carbons (Fsp3) is 0.381. The molecule has 3 N–H and O–H groups in total. The summed E-state index contributed by atoms with van der Waals surface area (Å²) in [5.74, 6) is 1.20. The fourth-order valence-corrected chi connectivity index (χ4v) is 2.72. The van der Waals surface area contributed by atoms with E-state index in [0.717, 1.165) is 30.2 Å². The first-order chi connectivity index (χ1) is 12.1. The Morgan fingerprint density at radius 2 is 1.84 bits per heavy atom. The van der Waals surface area contributed by atoms with Gasteiger partial charge in [-0.05, 0) is 36.5 Å². The molecule has 2 aromatic carbocycles. The number of guanidine groups is 1. The molecule has 0 bridgehead atoms. The highest BCUT2D eigenvalue weighted by atomic mass is 16.3. The summed E-state index contributed by atoms with van der Waals surface area (Å²) >= 11 is 0. The molecule has 0 aliphatic heterocycles. The lowest BCUT2D eigenvalue weighted by Crippen LogP contribution is -2.39. The van der Waals surface area contributed by atoms with Gasteiger partial charge in [0.05, 0.1) is 13.2 Å². The highest BCUT2D eigenvalue weighted by molar-refractivity contribution is 5.79. The zero-order valence-electron chi connectivity index (χ0n) is 15.4. The number of benzene rings is 2. The van der Waals surface area contributed by atoms with Crippen molar-refractivity contribution in [2.24, 2.45) is 4.99 Å². The van der Waals surface area contributed by atoms with Crippen molar-refractivity contribution in [3.05, 3.63) is 70.8 Å². The zero-order valence-corrected chi connectivity index (χ0v) is 15.4. The third kappa shape index (κ3) is 5.91. The van der Waals surface area contributed by atoms with Crippen LogP contribution in [0.25, 0.3) is 0 Å². The Hall–Kier alpha value is -2.33. The number of aliphatic hydroxyl groups is 1. The zero-order chi connectivity index (χ0) is 18.1. The van der Waals surface area contributed by atoms with Crippen LogP contribution in [-0.2, 0) is 13.2 Å². The number of nitrogens with zero attached hydrogens (tertiary/aromatic N) is 1. The molecule has 0 heterocycles. The molecule has 4 nitrogen and oxygen atoms in total. The SMILES string of the molecule is CCNC(=NCc1ccccc1CO)NCC(C)c1cccc(C)c1. The Labute approximate surface area is 151 Å². The molecule has 0 aromatic heterocycles. The summed E-state index contributed by atoms with van der Waals surface area (Å²) in [4.78, 5) is 4.66. The van der Waals surface area contributed by atoms with Crippen LogP contribution >= 0.6 is 0 Å². The number of hydrogen-bond acceptors (Lipinski definition) is 2. The third-order valence-electron chi connectivity index (χ3n) is 4.23. The Kier molecular flexibility index (Phi) is 7.48. The average Bonchev–Trinajstić information content (AvgIpc) is 2.64. The van der Waals surface area contributed by atoms with E-state index in [9.17, 15) is 5.11 Å². The fourth-order valence-electron chi connectivity index (χ4n) is 2.72. The topological polar surface area (TPSA) is 56.7 Å². The maximum atomic E-state index is 9.43. The van der Waals surface area contributed by atoms with E-state index in [1.54, 1.807) is 0 Å². The molecule has 0 amide bonds. The first kappa shape index (κ1) is 19.0. The minimum Gasteiger partial charge on any atom is -0.392 e. The van der Waals surface area contributed by atoms with Gasteiger partial charge in [-0.15, -0.1) is 0 Å². The first-order valence-electron chi connectivity index (χ1n) is 8.90. The first-order valence-corrected chi connectivity index (χ1v) is 8.90. The summed E-state index contributed by atoms with van der Waals surface area (Å²) in [6, 6.07) is 16.5. The third-order valence-corrected chi connectivity index (χ3v) is 4.23. The quantitative estimate of drug-likeness (QED) is 0.536. The summed E-state index contributed by atoms with van der Waals surface area (Å²) in [6.07, 6.45) is 0. The lowest BCUT2D eigenvalue weighted by molar-refractivity contribution is 0.280. The normalized spacial score (nSPS) is 12.7. The molecule has 0 fully saturated rings. The van der Waals surface area contributed by atoms with Crippen molar-refractivity contribution in [2.45, 2.75) is 39.8 Å². The number of rotatable bonds is 7. The van der Waals surface area contributed by atoms with Crippen LogP contribution in [0.5, 0.6) is 0 Å². The molecule has 1 atom stereocenters. The Bertz CT molecular complexity index is 697. The van der Waals surface area contributed by atoms with Crippen molar-refractivity contribution in [3.8, 4) is 0 Å². The molecule has 0 saturated heterocycles. The molecule has 0 aliphatic carbocycles. The van der Waals surface area contributed by atoms with Crippen LogP contribution in [0.4, 0.5) is 0 Å². The minimum absolute atomic E-state index is 0.0417. The number of aliphatic imine (C=N–C) groups is 1. The van der Waals surface area contributed by atoms with Gasteiger partial charge in [0.15, 0.2) is 5.96 Å². The van der Waals surface area contributed by atoms with E-state index < -0.39 is 0 Å². The molecule has 0 spiro atoms. The second kappa shape index (κ2) is 9.84. The van der Waals surface area contributed by atoms with Crippen molar-refractivity contribution in [1.82, 2.24) is 10.6 Å². The summed E-state index contributed by atoms with van der Waals surface area (Å²) < 4.78 is 0. The van der Waals surface area contributed by atoms with Crippen molar-refractivity contribution in [3.63, 3.8) is 0 Å². The predicted octanol–water partition coefficient (Wildman–Crippen LogP) is 3.35. The molecule has 0 radical (unpaired) electrons. The van der Waals surface area contributed by atoms with E-state index in [2.05, 4.69) is 60.7 Å². The van der Waals surface area contributed by atoms with Crippen LogP contribution in [0.2, 0.25) is 0 Å². The van der Waals surface area contributed by atoms with Gasteiger partial charge in [-0.25, -0.2) is 4.99 Å². The molecule has 2 aromatic rings. The molecular weight excluding hydrogens is 310 g/mol. The Morgan fingerprint density at radius 1 is 1.08 bits per heavy atom. The van der Waals surface area contributed by atoms with Crippen molar-refractivity contribution in [2.75, 3.05) is 13.1 Å². The average molecular weight is 339 g/mol. The van der Waals surface area contributed by atoms with E-state index in [1.165, 1.54) is 11.1 Å². The van der Waals surface area contributed by atoms with Crippen LogP contribution < -0.4 is 10.6 Å². The van der Waals surface area contributed by atoms with E-state index in [4.69, 9.17) is 0 Å². The van der Waals surface area contributed by atoms with Gasteiger partial charge < -0.3 is 15.7 Å². The molecule has 2 rings (SSSR count). The van der Waals surface area contributed by atoms with Gasteiger partial charge in [-0.3, -0.25) is 0 Å². The monoisotopic (exact) mass is 339 g/mol. The second-order valence-electron chi connectivity index (χ2n) is 6.32. The van der Waals surface area contributed by atoms with Crippen molar-refractivity contribution < 1.29 is 5.11 Å². The molecular formula is C21H29N3O. The largest absolute Gasteiger partial charge is 0.392 e. The molecule has 4 heteroatoms. The smallest absolute Gasteiger partial charge is 0.191 e. The van der Waals surface area contributed by atoms with Crippen LogP contribution in [0.3, 0.4) is 0 Å². The van der Waals surface area contributed by atoms with Gasteiger partial charge in [-0.2, -0.15) is 0 Å². The van der Waals surface area contributed by atoms with Gasteiger partial charge >= 0.3 is 0 Å². The Morgan fingerprint density at radius 3 is 2.52 bits per heavy atom. The highest BCUT2D eigenvalue weighted by Crippen LogP contribution is 2.15. The Balaban J connectivity index is 2.00. The predicted molar refractivity (Wildman–Crippen MR) is 105 cm³/mol. The second-order valence-corrected chi connectivity index (χ2v) is 6.32. The van der Waals surface area contributed by atoms with Crippen molar-refractivity contribution >= 4 is 5.96 Å². The molecule has 134 valence electrons. The maximum Gasteiger partial charge on any atom is 0.191 e. The highest BCUT2D eigenvalue weighted by Gasteiger charge is 2.07. The standard InChI is InChI=1S/C21H29N3O/c1-4-22-21(24-14-19-9-5-6-10-20(19)15-25)23-13-17(3)18-11-7-8-16(2)12-18/h5-12,17,25H,4,13-15H2,1-3H3,(H2,22,23,24). The number of aliphatic hydroxyl groups excluding tert-OH is 1. The van der Waals surface area contributed by atoms with Gasteiger partial charge in [-0.1, -0.05) is 61.0 Å². The van der Waals surface area contributed by atoms with Crippen molar-refractivity contribution in [1.29, 1.82) is 0 Å². The van der Waals surface area contributed by atoms with Crippen LogP contribution in [-0.4, -0.2) is 24.2 Å². The van der Waals surface area contributed by atoms with Gasteiger partial charge in [0, 0.05) is 13.1 Å². The number of aryl methyl sites for hydroxylation is 1. The van der Waals surface area contributed by atoms with Gasteiger partial charge in [0.25, 0.3) is 0 Å². The van der Waals surface area contributed by atoms with Crippen LogP contribution in [0, 0.1) is 6.92 Å². The number of hydrogen-bond donors (Lipinski definition) is 3. The van der Waals surface area contributed by atoms with Gasteiger partial charge in [0.2, 0.25) is 0 Å². The van der Waals surface area contributed by atoms with E-state index in [1.807, 2.05) is 24.3 Å². The molecule has 0 aliphatic rings. The summed E-state index contributed by atoms with van der Waals surface area (Å²) in [5.41, 5.74) is 4.59. The van der Waals surface area contributed by atoms with Crippen LogP contribution in [0.1, 0.15) is 42.0 Å². The van der Waals surface area contributed by atoms with E-state index in [0.29, 0.717) is 12.5 Å². The lowest BCUT2D eigenvalue weighted by atomic mass is 9.99.